The number of hydrogen-bond acceptors (Lipinski definition) is 4. The summed E-state index contributed by atoms with van der Waals surface area (Å²) in [4.78, 5) is 12.4. The molecule has 6 heteroatoms. The predicted molar refractivity (Wildman–Crippen MR) is 117 cm³/mol. The van der Waals surface area contributed by atoms with E-state index in [1.807, 2.05) is 42.5 Å². The van der Waals surface area contributed by atoms with E-state index in [-0.39, 0.29) is 11.7 Å². The van der Waals surface area contributed by atoms with Gasteiger partial charge in [-0.25, -0.2) is 5.43 Å². The molecule has 0 aliphatic heterocycles. The normalized spacial score (nSPS) is 11.3. The summed E-state index contributed by atoms with van der Waals surface area (Å²) in [6.07, 6.45) is 0. The first-order valence-corrected chi connectivity index (χ1v) is 9.45. The van der Waals surface area contributed by atoms with Gasteiger partial charge in [-0.1, -0.05) is 54.6 Å². The van der Waals surface area contributed by atoms with Crippen molar-refractivity contribution >= 4 is 11.6 Å². The highest BCUT2D eigenvalue weighted by atomic mass is 16.3. The Kier molecular flexibility index (Phi) is 5.39. The van der Waals surface area contributed by atoms with E-state index >= 15 is 0 Å². The number of aromatic hydroxyl groups is 1. The van der Waals surface area contributed by atoms with E-state index < -0.39 is 0 Å². The number of aromatic amines is 1. The van der Waals surface area contributed by atoms with E-state index in [1.165, 1.54) is 0 Å². The molecule has 0 fully saturated rings. The fourth-order valence-electron chi connectivity index (χ4n) is 3.01. The standard InChI is InChI=1S/C24H20N4O2/c1-16(17-11-13-21(29)14-12-17)25-28-24(30)23-15-22(26-27-23)20-9-7-19(8-10-20)18-5-3-2-4-6-18/h2-15,29H,1H3,(H,26,27)(H,28,30). The first-order valence-electron chi connectivity index (χ1n) is 9.45. The molecule has 3 N–H and O–H groups in total. The lowest BCUT2D eigenvalue weighted by atomic mass is 10.0. The van der Waals surface area contributed by atoms with E-state index in [4.69, 9.17) is 0 Å². The zero-order valence-electron chi connectivity index (χ0n) is 16.3. The van der Waals surface area contributed by atoms with Crippen LogP contribution >= 0.6 is 0 Å². The Morgan fingerprint density at radius 2 is 1.53 bits per heavy atom. The second-order valence-electron chi connectivity index (χ2n) is 6.80. The van der Waals surface area contributed by atoms with Crippen molar-refractivity contribution in [3.63, 3.8) is 0 Å². The molecule has 0 saturated heterocycles. The van der Waals surface area contributed by atoms with Gasteiger partial charge in [-0.05, 0) is 53.9 Å². The lowest BCUT2D eigenvalue weighted by Gasteiger charge is -2.02. The number of hydrazone groups is 1. The van der Waals surface area contributed by atoms with E-state index in [1.54, 1.807) is 37.3 Å². The molecule has 1 aromatic heterocycles. The lowest BCUT2D eigenvalue weighted by molar-refractivity contribution is 0.0950. The Bertz CT molecular complexity index is 1180. The van der Waals surface area contributed by atoms with E-state index in [2.05, 4.69) is 32.9 Å². The fourth-order valence-corrected chi connectivity index (χ4v) is 3.01. The van der Waals surface area contributed by atoms with Crippen LogP contribution in [0.2, 0.25) is 0 Å². The number of phenols is 1. The van der Waals surface area contributed by atoms with Crippen molar-refractivity contribution in [1.82, 2.24) is 15.6 Å². The maximum Gasteiger partial charge on any atom is 0.289 e. The Hall–Kier alpha value is -4.19. The molecule has 4 aromatic rings. The second kappa shape index (κ2) is 8.45. The van der Waals surface area contributed by atoms with Gasteiger partial charge in [0, 0.05) is 5.56 Å². The van der Waals surface area contributed by atoms with Crippen LogP contribution in [0.15, 0.2) is 90.0 Å². The number of nitrogens with zero attached hydrogens (tertiary/aromatic N) is 2. The third kappa shape index (κ3) is 4.28. The van der Waals surface area contributed by atoms with Crippen molar-refractivity contribution in [3.8, 4) is 28.1 Å². The zero-order chi connectivity index (χ0) is 20.9. The van der Waals surface area contributed by atoms with Crippen LogP contribution in [0.25, 0.3) is 22.4 Å². The van der Waals surface area contributed by atoms with Gasteiger partial charge in [0.15, 0.2) is 0 Å². The molecular formula is C24H20N4O2. The zero-order valence-corrected chi connectivity index (χ0v) is 16.3. The molecule has 0 radical (unpaired) electrons. The number of nitrogens with one attached hydrogen (secondary N) is 2. The van der Waals surface area contributed by atoms with Crippen LogP contribution in [-0.2, 0) is 0 Å². The third-order valence-electron chi connectivity index (χ3n) is 4.72. The topological polar surface area (TPSA) is 90.4 Å². The van der Waals surface area contributed by atoms with Crippen molar-refractivity contribution in [2.45, 2.75) is 6.92 Å². The van der Waals surface area contributed by atoms with Gasteiger partial charge in [0.2, 0.25) is 0 Å². The van der Waals surface area contributed by atoms with E-state index in [0.717, 1.165) is 22.3 Å². The van der Waals surface area contributed by atoms with Gasteiger partial charge < -0.3 is 5.11 Å². The van der Waals surface area contributed by atoms with Crippen LogP contribution in [0.3, 0.4) is 0 Å². The van der Waals surface area contributed by atoms with Gasteiger partial charge in [0.25, 0.3) is 5.91 Å². The van der Waals surface area contributed by atoms with Crippen LogP contribution < -0.4 is 5.43 Å². The number of amides is 1. The summed E-state index contributed by atoms with van der Waals surface area (Å²) in [6, 6.07) is 26.4. The smallest absolute Gasteiger partial charge is 0.289 e. The van der Waals surface area contributed by atoms with Crippen molar-refractivity contribution in [2.75, 3.05) is 0 Å². The second-order valence-corrected chi connectivity index (χ2v) is 6.80. The minimum atomic E-state index is -0.382. The van der Waals surface area contributed by atoms with Crippen molar-refractivity contribution in [1.29, 1.82) is 0 Å². The summed E-state index contributed by atoms with van der Waals surface area (Å²) in [5.41, 5.74) is 8.12. The summed E-state index contributed by atoms with van der Waals surface area (Å²) in [5.74, 6) is -0.204. The quantitative estimate of drug-likeness (QED) is 0.340. The van der Waals surface area contributed by atoms with Gasteiger partial charge in [-0.15, -0.1) is 0 Å². The number of aromatic nitrogens is 2. The average Bonchev–Trinajstić information content (AvgIpc) is 3.29. The van der Waals surface area contributed by atoms with Crippen LogP contribution in [0.4, 0.5) is 0 Å². The van der Waals surface area contributed by atoms with Crippen LogP contribution in [0, 0.1) is 0 Å². The van der Waals surface area contributed by atoms with Gasteiger partial charge in [-0.3, -0.25) is 9.89 Å². The summed E-state index contributed by atoms with van der Waals surface area (Å²) in [6.45, 7) is 1.78. The fraction of sp³-hybridized carbons (Fsp3) is 0.0417. The molecule has 148 valence electrons. The molecular weight excluding hydrogens is 376 g/mol. The molecule has 30 heavy (non-hydrogen) atoms. The molecule has 3 aromatic carbocycles. The number of carbonyl (C=O) groups is 1. The summed E-state index contributed by atoms with van der Waals surface area (Å²) in [7, 11) is 0. The minimum absolute atomic E-state index is 0.178. The minimum Gasteiger partial charge on any atom is -0.508 e. The molecule has 6 nitrogen and oxygen atoms in total. The van der Waals surface area contributed by atoms with Crippen LogP contribution in [-0.4, -0.2) is 26.9 Å². The Labute approximate surface area is 173 Å². The highest BCUT2D eigenvalue weighted by Gasteiger charge is 2.11. The van der Waals surface area contributed by atoms with E-state index in [9.17, 15) is 9.90 Å². The number of H-pyrrole nitrogens is 1. The third-order valence-corrected chi connectivity index (χ3v) is 4.72. The Morgan fingerprint density at radius 1 is 0.900 bits per heavy atom. The Balaban J connectivity index is 1.45. The van der Waals surface area contributed by atoms with Gasteiger partial charge in [0.05, 0.1) is 11.4 Å². The highest BCUT2D eigenvalue weighted by molar-refractivity contribution is 6.00. The van der Waals surface area contributed by atoms with Crippen molar-refractivity contribution in [3.05, 3.63) is 96.2 Å². The molecule has 0 aliphatic carbocycles. The number of benzene rings is 3. The van der Waals surface area contributed by atoms with Crippen molar-refractivity contribution < 1.29 is 9.90 Å². The summed E-state index contributed by atoms with van der Waals surface area (Å²) < 4.78 is 0. The number of phenolic OH excluding ortho intramolecular Hbond substituents is 1. The maximum atomic E-state index is 12.4. The summed E-state index contributed by atoms with van der Waals surface area (Å²) in [5, 5.41) is 20.5. The number of carbonyl (C=O) groups excluding carboxylic acids is 1. The molecule has 0 bridgehead atoms. The van der Waals surface area contributed by atoms with E-state index in [0.29, 0.717) is 17.1 Å². The van der Waals surface area contributed by atoms with Crippen LogP contribution in [0.5, 0.6) is 5.75 Å². The maximum absolute atomic E-state index is 12.4. The molecule has 1 amide bonds. The lowest BCUT2D eigenvalue weighted by Crippen LogP contribution is -2.19. The molecule has 1 heterocycles. The molecule has 0 saturated carbocycles. The first kappa shape index (κ1) is 19.1. The monoisotopic (exact) mass is 396 g/mol. The number of rotatable bonds is 5. The Morgan fingerprint density at radius 3 is 2.23 bits per heavy atom. The summed E-state index contributed by atoms with van der Waals surface area (Å²) >= 11 is 0. The van der Waals surface area contributed by atoms with Gasteiger partial charge in [0.1, 0.15) is 11.4 Å². The molecule has 0 aliphatic rings. The predicted octanol–water partition coefficient (Wildman–Crippen LogP) is 4.60. The molecule has 0 unspecified atom stereocenters. The highest BCUT2D eigenvalue weighted by Crippen LogP contribution is 2.24. The van der Waals surface area contributed by atoms with Gasteiger partial charge >= 0.3 is 0 Å². The first-order chi connectivity index (χ1) is 14.6. The molecule has 0 spiro atoms. The largest absolute Gasteiger partial charge is 0.508 e. The molecule has 4 rings (SSSR count). The number of hydrogen-bond donors (Lipinski definition) is 3. The SMILES string of the molecule is CC(=NNC(=O)c1cc(-c2ccc(-c3ccccc3)cc2)n[nH]1)c1ccc(O)cc1. The van der Waals surface area contributed by atoms with Gasteiger partial charge in [-0.2, -0.15) is 10.2 Å². The molecule has 0 atom stereocenters. The average molecular weight is 396 g/mol. The van der Waals surface area contributed by atoms with Crippen molar-refractivity contribution in [2.24, 2.45) is 5.10 Å². The van der Waals surface area contributed by atoms with Crippen LogP contribution in [0.1, 0.15) is 23.0 Å².